The summed E-state index contributed by atoms with van der Waals surface area (Å²) >= 11 is 0. The highest BCUT2D eigenvalue weighted by atomic mass is 16.5. The van der Waals surface area contributed by atoms with Crippen molar-refractivity contribution >= 4 is 17.0 Å². The highest BCUT2D eigenvalue weighted by Crippen LogP contribution is 2.24. The lowest BCUT2D eigenvalue weighted by Crippen LogP contribution is -2.36. The second-order valence-corrected chi connectivity index (χ2v) is 5.81. The molecule has 1 atom stereocenters. The Morgan fingerprint density at radius 1 is 1.25 bits per heavy atom. The number of fused-ring (bicyclic) bond motifs is 1. The molecule has 2 aromatic rings. The van der Waals surface area contributed by atoms with Crippen molar-refractivity contribution in [1.82, 2.24) is 15.5 Å². The fourth-order valence-electron chi connectivity index (χ4n) is 1.85. The Morgan fingerprint density at radius 2 is 1.95 bits per heavy atom. The number of rotatable bonds is 4. The summed E-state index contributed by atoms with van der Waals surface area (Å²) in [6.45, 7) is 10.2. The molecule has 0 radical (unpaired) electrons. The molecular formula is C15H21N3O2. The molecule has 0 aliphatic rings. The average molecular weight is 275 g/mol. The maximum atomic E-state index is 12.2. The van der Waals surface area contributed by atoms with Crippen molar-refractivity contribution in [3.63, 3.8) is 0 Å². The first-order valence-corrected chi connectivity index (χ1v) is 6.96. The van der Waals surface area contributed by atoms with E-state index < -0.39 is 0 Å². The fraction of sp³-hybridized carbons (Fsp3) is 0.533. The van der Waals surface area contributed by atoms with E-state index in [9.17, 15) is 4.79 Å². The predicted octanol–water partition coefficient (Wildman–Crippen LogP) is 3.12. The van der Waals surface area contributed by atoms with Crippen molar-refractivity contribution < 1.29 is 9.32 Å². The Kier molecular flexibility index (Phi) is 4.06. The Bertz CT molecular complexity index is 617. The molecule has 0 unspecified atom stereocenters. The molecule has 1 amide bonds. The minimum Gasteiger partial charge on any atom is -0.349 e. The summed E-state index contributed by atoms with van der Waals surface area (Å²) in [5.41, 5.74) is 1.84. The van der Waals surface area contributed by atoms with Gasteiger partial charge in [0, 0.05) is 12.2 Å². The number of hydrogen-bond acceptors (Lipinski definition) is 4. The van der Waals surface area contributed by atoms with E-state index in [1.54, 1.807) is 6.07 Å². The van der Waals surface area contributed by atoms with E-state index in [0.717, 1.165) is 11.1 Å². The van der Waals surface area contributed by atoms with Crippen molar-refractivity contribution in [2.45, 2.75) is 46.6 Å². The second-order valence-electron chi connectivity index (χ2n) is 5.81. The third-order valence-electron chi connectivity index (χ3n) is 3.53. The quantitative estimate of drug-likeness (QED) is 0.930. The van der Waals surface area contributed by atoms with Crippen LogP contribution in [0.5, 0.6) is 0 Å². The van der Waals surface area contributed by atoms with Crippen molar-refractivity contribution in [2.75, 3.05) is 0 Å². The molecule has 20 heavy (non-hydrogen) atoms. The molecule has 0 bridgehead atoms. The molecular weight excluding hydrogens is 254 g/mol. The number of nitrogens with zero attached hydrogens (tertiary/aromatic N) is 2. The van der Waals surface area contributed by atoms with Gasteiger partial charge in [0.15, 0.2) is 0 Å². The SMILES string of the molecule is CC(C)c1noc2ncc(C(=O)N[C@@H](C)C(C)C)cc12. The molecule has 0 aliphatic heterocycles. The number of nitrogens with one attached hydrogen (secondary N) is 1. The summed E-state index contributed by atoms with van der Waals surface area (Å²) < 4.78 is 5.17. The van der Waals surface area contributed by atoms with Gasteiger partial charge in [-0.1, -0.05) is 32.9 Å². The average Bonchev–Trinajstić information content (AvgIpc) is 2.81. The molecule has 1 N–H and O–H groups in total. The highest BCUT2D eigenvalue weighted by molar-refractivity contribution is 5.97. The zero-order chi connectivity index (χ0) is 14.9. The van der Waals surface area contributed by atoms with Crippen molar-refractivity contribution in [2.24, 2.45) is 5.92 Å². The molecule has 2 aromatic heterocycles. The van der Waals surface area contributed by atoms with Gasteiger partial charge >= 0.3 is 0 Å². The third kappa shape index (κ3) is 2.81. The summed E-state index contributed by atoms with van der Waals surface area (Å²) in [6.07, 6.45) is 1.53. The van der Waals surface area contributed by atoms with Crippen LogP contribution < -0.4 is 5.32 Å². The van der Waals surface area contributed by atoms with E-state index in [1.165, 1.54) is 6.20 Å². The maximum absolute atomic E-state index is 12.2. The molecule has 2 rings (SSSR count). The summed E-state index contributed by atoms with van der Waals surface area (Å²) in [5.74, 6) is 0.500. The molecule has 5 heteroatoms. The molecule has 0 aromatic carbocycles. The first-order valence-electron chi connectivity index (χ1n) is 6.96. The van der Waals surface area contributed by atoms with E-state index >= 15 is 0 Å². The molecule has 2 heterocycles. The fourth-order valence-corrected chi connectivity index (χ4v) is 1.85. The topological polar surface area (TPSA) is 68.0 Å². The Hall–Kier alpha value is -1.91. The van der Waals surface area contributed by atoms with Gasteiger partial charge in [-0.15, -0.1) is 0 Å². The van der Waals surface area contributed by atoms with Gasteiger partial charge in [-0.3, -0.25) is 4.79 Å². The van der Waals surface area contributed by atoms with Crippen LogP contribution in [0.3, 0.4) is 0 Å². The monoisotopic (exact) mass is 275 g/mol. The normalized spacial score (nSPS) is 13.2. The van der Waals surface area contributed by atoms with Crippen molar-refractivity contribution in [1.29, 1.82) is 0 Å². The smallest absolute Gasteiger partial charge is 0.257 e. The lowest BCUT2D eigenvalue weighted by molar-refractivity contribution is 0.0930. The largest absolute Gasteiger partial charge is 0.349 e. The van der Waals surface area contributed by atoms with Gasteiger partial charge in [-0.2, -0.15) is 0 Å². The zero-order valence-corrected chi connectivity index (χ0v) is 12.6. The van der Waals surface area contributed by atoms with Crippen LogP contribution in [0.25, 0.3) is 11.1 Å². The molecule has 0 saturated carbocycles. The molecule has 108 valence electrons. The minimum absolute atomic E-state index is 0.114. The maximum Gasteiger partial charge on any atom is 0.257 e. The summed E-state index contributed by atoms with van der Waals surface area (Å²) in [6, 6.07) is 1.92. The standard InChI is InChI=1S/C15H21N3O2/c1-8(2)10(5)17-14(19)11-6-12-13(9(3)4)18-20-15(12)16-7-11/h6-10H,1-5H3,(H,17,19)/t10-/m0/s1. The van der Waals surface area contributed by atoms with Gasteiger partial charge in [0.05, 0.1) is 16.6 Å². The van der Waals surface area contributed by atoms with Crippen LogP contribution in [-0.2, 0) is 0 Å². The minimum atomic E-state index is -0.114. The number of carbonyl (C=O) groups excluding carboxylic acids is 1. The van der Waals surface area contributed by atoms with Crippen LogP contribution in [-0.4, -0.2) is 22.1 Å². The molecule has 0 aliphatic carbocycles. The number of amides is 1. The van der Waals surface area contributed by atoms with Crippen LogP contribution in [0.1, 0.15) is 56.6 Å². The van der Waals surface area contributed by atoms with E-state index in [1.807, 2.05) is 20.8 Å². The van der Waals surface area contributed by atoms with Gasteiger partial charge in [0.25, 0.3) is 11.6 Å². The molecule has 0 spiro atoms. The number of hydrogen-bond donors (Lipinski definition) is 1. The lowest BCUT2D eigenvalue weighted by atomic mass is 10.0. The van der Waals surface area contributed by atoms with Crippen molar-refractivity contribution in [3.8, 4) is 0 Å². The number of aromatic nitrogens is 2. The van der Waals surface area contributed by atoms with Gasteiger partial charge in [-0.05, 0) is 24.8 Å². The van der Waals surface area contributed by atoms with Gasteiger partial charge < -0.3 is 9.84 Å². The predicted molar refractivity (Wildman–Crippen MR) is 77.7 cm³/mol. The summed E-state index contributed by atoms with van der Waals surface area (Å²) in [4.78, 5) is 16.4. The van der Waals surface area contributed by atoms with Crippen LogP contribution in [0.2, 0.25) is 0 Å². The van der Waals surface area contributed by atoms with Gasteiger partial charge in [-0.25, -0.2) is 4.98 Å². The lowest BCUT2D eigenvalue weighted by Gasteiger charge is -2.17. The first kappa shape index (κ1) is 14.5. The van der Waals surface area contributed by atoms with Crippen LogP contribution >= 0.6 is 0 Å². The molecule has 5 nitrogen and oxygen atoms in total. The Morgan fingerprint density at radius 3 is 2.55 bits per heavy atom. The number of carbonyl (C=O) groups is 1. The van der Waals surface area contributed by atoms with Gasteiger partial charge in [0.2, 0.25) is 0 Å². The second kappa shape index (κ2) is 5.61. The van der Waals surface area contributed by atoms with Crippen molar-refractivity contribution in [3.05, 3.63) is 23.5 Å². The Balaban J connectivity index is 2.31. The highest BCUT2D eigenvalue weighted by Gasteiger charge is 2.17. The third-order valence-corrected chi connectivity index (χ3v) is 3.53. The first-order chi connectivity index (χ1) is 9.40. The van der Waals surface area contributed by atoms with E-state index in [4.69, 9.17) is 4.52 Å². The van der Waals surface area contributed by atoms with Crippen LogP contribution in [0.4, 0.5) is 0 Å². The van der Waals surface area contributed by atoms with Gasteiger partial charge in [0.1, 0.15) is 0 Å². The Labute approximate surface area is 118 Å². The van der Waals surface area contributed by atoms with Crippen LogP contribution in [0, 0.1) is 5.92 Å². The van der Waals surface area contributed by atoms with Crippen LogP contribution in [0.15, 0.2) is 16.8 Å². The summed E-state index contributed by atoms with van der Waals surface area (Å²) in [5, 5.41) is 7.80. The summed E-state index contributed by atoms with van der Waals surface area (Å²) in [7, 11) is 0. The van der Waals surface area contributed by atoms with E-state index in [2.05, 4.69) is 29.3 Å². The number of pyridine rings is 1. The molecule has 0 saturated heterocycles. The van der Waals surface area contributed by atoms with E-state index in [-0.39, 0.29) is 17.9 Å². The zero-order valence-electron chi connectivity index (χ0n) is 12.6. The van der Waals surface area contributed by atoms with E-state index in [0.29, 0.717) is 17.2 Å². The molecule has 0 fully saturated rings.